The summed E-state index contributed by atoms with van der Waals surface area (Å²) >= 11 is 7.30. The number of hydrogen-bond acceptors (Lipinski definition) is 5. The molecule has 184 valence electrons. The monoisotopic (exact) mass is 516 g/mol. The van der Waals surface area contributed by atoms with Gasteiger partial charge in [0.25, 0.3) is 0 Å². The molecular weight excluding hydrogens is 493 g/mol. The normalized spacial score (nSPS) is 18.0. The van der Waals surface area contributed by atoms with Crippen molar-refractivity contribution in [3.63, 3.8) is 0 Å². The molecule has 1 aromatic heterocycles. The molecule has 0 spiro atoms. The second kappa shape index (κ2) is 10.2. The Morgan fingerprint density at radius 1 is 1.24 bits per heavy atom. The van der Waals surface area contributed by atoms with Gasteiger partial charge in [-0.1, -0.05) is 11.6 Å². The Bertz CT molecular complexity index is 1050. The Kier molecular flexibility index (Phi) is 7.49. The molecular formula is C23H24ClF3N2O4S. The quantitative estimate of drug-likeness (QED) is 0.473. The fourth-order valence-corrected chi connectivity index (χ4v) is 5.34. The van der Waals surface area contributed by atoms with Gasteiger partial charge in [-0.3, -0.25) is 14.5 Å². The summed E-state index contributed by atoms with van der Waals surface area (Å²) < 4.78 is 44.9. The molecule has 1 aliphatic heterocycles. The smallest absolute Gasteiger partial charge is 0.416 e. The van der Waals surface area contributed by atoms with Gasteiger partial charge in [0, 0.05) is 36.1 Å². The van der Waals surface area contributed by atoms with Gasteiger partial charge in [0.2, 0.25) is 5.91 Å². The molecule has 1 aromatic carbocycles. The third-order valence-electron chi connectivity index (χ3n) is 6.15. The minimum absolute atomic E-state index is 0.0885. The van der Waals surface area contributed by atoms with Crippen LogP contribution in [0.2, 0.25) is 5.02 Å². The van der Waals surface area contributed by atoms with Crippen LogP contribution in [0.1, 0.15) is 44.1 Å². The Balaban J connectivity index is 1.60. The maximum absolute atomic E-state index is 13.6. The van der Waals surface area contributed by atoms with Crippen molar-refractivity contribution in [3.05, 3.63) is 34.2 Å². The van der Waals surface area contributed by atoms with Crippen LogP contribution in [0.4, 0.5) is 18.3 Å². The van der Waals surface area contributed by atoms with Crippen LogP contribution in [0, 0.1) is 11.8 Å². The lowest BCUT2D eigenvalue weighted by Gasteiger charge is -2.29. The summed E-state index contributed by atoms with van der Waals surface area (Å²) in [6.45, 7) is 1.19. The SMILES string of the molecule is O=C(O)CC(CC1CCOCC1)C(=O)N(c1nc(-c2cc(C(F)(F)F)ccc2Cl)cs1)C1CC1. The highest BCUT2D eigenvalue weighted by molar-refractivity contribution is 7.14. The highest BCUT2D eigenvalue weighted by Gasteiger charge is 2.40. The van der Waals surface area contributed by atoms with E-state index in [0.29, 0.717) is 24.8 Å². The number of carbonyl (C=O) groups is 2. The maximum Gasteiger partial charge on any atom is 0.416 e. The largest absolute Gasteiger partial charge is 0.481 e. The number of anilines is 1. The molecule has 1 saturated carbocycles. The summed E-state index contributed by atoms with van der Waals surface area (Å²) in [7, 11) is 0. The predicted molar refractivity (Wildman–Crippen MR) is 122 cm³/mol. The number of amides is 1. The molecule has 1 atom stereocenters. The molecule has 34 heavy (non-hydrogen) atoms. The number of hydrogen-bond donors (Lipinski definition) is 1. The van der Waals surface area contributed by atoms with E-state index in [1.54, 1.807) is 10.3 Å². The van der Waals surface area contributed by atoms with E-state index in [0.717, 1.165) is 49.2 Å². The molecule has 0 bridgehead atoms. The molecule has 2 fully saturated rings. The second-order valence-electron chi connectivity index (χ2n) is 8.73. The van der Waals surface area contributed by atoms with E-state index in [1.165, 1.54) is 6.07 Å². The van der Waals surface area contributed by atoms with Gasteiger partial charge in [0.15, 0.2) is 5.13 Å². The van der Waals surface area contributed by atoms with Gasteiger partial charge in [-0.25, -0.2) is 4.98 Å². The van der Waals surface area contributed by atoms with Crippen LogP contribution < -0.4 is 4.90 Å². The highest BCUT2D eigenvalue weighted by atomic mass is 35.5. The first-order valence-electron chi connectivity index (χ1n) is 11.1. The van der Waals surface area contributed by atoms with E-state index in [1.807, 2.05) is 0 Å². The van der Waals surface area contributed by atoms with Crippen LogP contribution in [-0.2, 0) is 20.5 Å². The first kappa shape index (κ1) is 24.9. The van der Waals surface area contributed by atoms with Gasteiger partial charge in [0.05, 0.1) is 22.7 Å². The van der Waals surface area contributed by atoms with Crippen molar-refractivity contribution >= 4 is 39.9 Å². The van der Waals surface area contributed by atoms with Gasteiger partial charge >= 0.3 is 12.1 Å². The number of aromatic nitrogens is 1. The number of carboxylic acids is 1. The lowest BCUT2D eigenvalue weighted by atomic mass is 9.86. The number of carbonyl (C=O) groups excluding carboxylic acids is 1. The van der Waals surface area contributed by atoms with Crippen molar-refractivity contribution in [2.24, 2.45) is 11.8 Å². The molecule has 1 saturated heterocycles. The molecule has 1 N–H and O–H groups in total. The number of thiazole rings is 1. The Labute approximate surface area is 203 Å². The molecule has 2 aromatic rings. The molecule has 4 rings (SSSR count). The van der Waals surface area contributed by atoms with E-state index < -0.39 is 23.6 Å². The van der Waals surface area contributed by atoms with Crippen LogP contribution in [-0.4, -0.2) is 41.2 Å². The number of benzene rings is 1. The van der Waals surface area contributed by atoms with E-state index in [4.69, 9.17) is 16.3 Å². The molecule has 1 amide bonds. The Morgan fingerprint density at radius 2 is 1.94 bits per heavy atom. The summed E-state index contributed by atoms with van der Waals surface area (Å²) in [5, 5.41) is 11.5. The molecule has 1 unspecified atom stereocenters. The lowest BCUT2D eigenvalue weighted by molar-refractivity contribution is -0.141. The summed E-state index contributed by atoms with van der Waals surface area (Å²) in [6, 6.07) is 2.95. The first-order valence-corrected chi connectivity index (χ1v) is 12.3. The van der Waals surface area contributed by atoms with Crippen molar-refractivity contribution in [2.45, 2.75) is 50.7 Å². The van der Waals surface area contributed by atoms with Crippen molar-refractivity contribution in [3.8, 4) is 11.3 Å². The Morgan fingerprint density at radius 3 is 2.56 bits per heavy atom. The molecule has 11 heteroatoms. The van der Waals surface area contributed by atoms with Crippen LogP contribution in [0.15, 0.2) is 23.6 Å². The van der Waals surface area contributed by atoms with Crippen molar-refractivity contribution in [1.29, 1.82) is 0 Å². The zero-order chi connectivity index (χ0) is 24.5. The van der Waals surface area contributed by atoms with E-state index in [9.17, 15) is 27.9 Å². The van der Waals surface area contributed by atoms with Gasteiger partial charge in [0.1, 0.15) is 0 Å². The summed E-state index contributed by atoms with van der Waals surface area (Å²) in [6.07, 6.45) is -1.26. The summed E-state index contributed by atoms with van der Waals surface area (Å²) in [5.74, 6) is -1.84. The van der Waals surface area contributed by atoms with Gasteiger partial charge in [-0.2, -0.15) is 13.2 Å². The van der Waals surface area contributed by atoms with Gasteiger partial charge < -0.3 is 9.84 Å². The number of aliphatic carboxylic acids is 1. The highest BCUT2D eigenvalue weighted by Crippen LogP contribution is 2.41. The Hall–Kier alpha value is -2.17. The average Bonchev–Trinajstić information content (AvgIpc) is 3.49. The molecule has 1 aliphatic carbocycles. The number of halogens is 4. The summed E-state index contributed by atoms with van der Waals surface area (Å²) in [4.78, 5) is 31.1. The van der Waals surface area contributed by atoms with Gasteiger partial charge in [-0.15, -0.1) is 11.3 Å². The molecule has 0 radical (unpaired) electrons. The number of rotatable bonds is 8. The molecule has 2 aliphatic rings. The number of nitrogens with zero attached hydrogens (tertiary/aromatic N) is 2. The van der Waals surface area contributed by atoms with Crippen LogP contribution in [0.5, 0.6) is 0 Å². The third-order valence-corrected chi connectivity index (χ3v) is 7.32. The van der Waals surface area contributed by atoms with E-state index in [-0.39, 0.29) is 40.6 Å². The predicted octanol–water partition coefficient (Wildman–Crippen LogP) is 5.89. The summed E-state index contributed by atoms with van der Waals surface area (Å²) in [5.41, 5.74) is -0.463. The fourth-order valence-electron chi connectivity index (χ4n) is 4.22. The zero-order valence-corrected chi connectivity index (χ0v) is 19.8. The van der Waals surface area contributed by atoms with Crippen molar-refractivity contribution in [2.75, 3.05) is 18.1 Å². The molecule has 6 nitrogen and oxygen atoms in total. The average molecular weight is 517 g/mol. The maximum atomic E-state index is 13.6. The van der Waals surface area contributed by atoms with Gasteiger partial charge in [-0.05, 0) is 56.2 Å². The van der Waals surface area contributed by atoms with Crippen LogP contribution in [0.25, 0.3) is 11.3 Å². The van der Waals surface area contributed by atoms with E-state index >= 15 is 0 Å². The van der Waals surface area contributed by atoms with Crippen molar-refractivity contribution < 1.29 is 32.6 Å². The number of alkyl halides is 3. The number of ether oxygens (including phenoxy) is 1. The molecule has 2 heterocycles. The lowest BCUT2D eigenvalue weighted by Crippen LogP contribution is -2.40. The standard InChI is InChI=1S/C23H24ClF3N2O4S/c24-18-4-1-15(23(25,26)27)11-17(18)19-12-34-22(28-19)29(16-2-3-16)21(32)14(10-20(30)31)9-13-5-7-33-8-6-13/h1,4,11-14,16H,2-3,5-10H2,(H,30,31). The first-order chi connectivity index (χ1) is 16.1. The minimum atomic E-state index is -4.53. The third kappa shape index (κ3) is 5.90. The topological polar surface area (TPSA) is 79.7 Å². The van der Waals surface area contributed by atoms with Crippen LogP contribution in [0.3, 0.4) is 0 Å². The van der Waals surface area contributed by atoms with E-state index in [2.05, 4.69) is 4.98 Å². The minimum Gasteiger partial charge on any atom is -0.481 e. The fraction of sp³-hybridized carbons (Fsp3) is 0.522. The van der Waals surface area contributed by atoms with Crippen molar-refractivity contribution in [1.82, 2.24) is 4.98 Å². The second-order valence-corrected chi connectivity index (χ2v) is 9.98. The zero-order valence-electron chi connectivity index (χ0n) is 18.2. The number of carboxylic acid groups (broad SMARTS) is 1. The van der Waals surface area contributed by atoms with Crippen LogP contribution >= 0.6 is 22.9 Å².